The number of fused-ring (bicyclic) bond motifs is 1. The molecule has 3 rings (SSSR count). The highest BCUT2D eigenvalue weighted by atomic mass is 32.2. The van der Waals surface area contributed by atoms with Crippen LogP contribution in [-0.4, -0.2) is 21.9 Å². The van der Waals surface area contributed by atoms with Crippen LogP contribution >= 0.6 is 11.8 Å². The fraction of sp³-hybridized carbons (Fsp3) is 0.333. The number of hydrogen-bond acceptors (Lipinski definition) is 2. The van der Waals surface area contributed by atoms with Crippen molar-refractivity contribution in [3.05, 3.63) is 42.9 Å². The van der Waals surface area contributed by atoms with Gasteiger partial charge in [-0.25, -0.2) is 4.57 Å². The molecular formula is C12H13N2OS+. The molecule has 0 N–H and O–H groups in total. The monoisotopic (exact) mass is 233 g/mol. The van der Waals surface area contributed by atoms with E-state index in [0.717, 1.165) is 12.3 Å². The van der Waals surface area contributed by atoms with E-state index in [4.69, 9.17) is 0 Å². The molecule has 16 heavy (non-hydrogen) atoms. The Labute approximate surface area is 98.8 Å². The van der Waals surface area contributed by atoms with Gasteiger partial charge in [-0.05, 0) is 0 Å². The molecule has 0 spiro atoms. The van der Waals surface area contributed by atoms with Crippen LogP contribution in [0.2, 0.25) is 0 Å². The molecular weight excluding hydrogens is 220 g/mol. The highest BCUT2D eigenvalue weighted by Gasteiger charge is 2.49. The summed E-state index contributed by atoms with van der Waals surface area (Å²) in [5.41, 5.74) is 0. The predicted octanol–water partition coefficient (Wildman–Crippen LogP) is 1.02. The third kappa shape index (κ3) is 1.53. The van der Waals surface area contributed by atoms with Crippen LogP contribution in [0.3, 0.4) is 0 Å². The Bertz CT molecular complexity index is 432. The summed E-state index contributed by atoms with van der Waals surface area (Å²) in [6, 6.07) is 5.98. The molecule has 1 saturated heterocycles. The summed E-state index contributed by atoms with van der Waals surface area (Å²) < 4.78 is 2.08. The fourth-order valence-corrected chi connectivity index (χ4v) is 3.33. The van der Waals surface area contributed by atoms with Crippen molar-refractivity contribution in [2.45, 2.75) is 11.9 Å². The molecule has 3 nitrogen and oxygen atoms in total. The number of pyridine rings is 1. The molecule has 4 heteroatoms. The van der Waals surface area contributed by atoms with Gasteiger partial charge in [-0.15, -0.1) is 11.8 Å². The molecule has 1 aromatic heterocycles. The minimum Gasteiger partial charge on any atom is -0.305 e. The van der Waals surface area contributed by atoms with Crippen molar-refractivity contribution >= 4 is 17.7 Å². The number of aromatic nitrogens is 1. The number of amides is 1. The SMILES string of the molecule is O=C1C(C[n+]2ccccc2)[C@@H]2SCC=CN12. The Hall–Kier alpha value is -1.29. The number of carbonyl (C=O) groups excluding carboxylic acids is 1. The number of hydrogen-bond donors (Lipinski definition) is 0. The normalized spacial score (nSPS) is 27.5. The number of nitrogens with zero attached hydrogens (tertiary/aromatic N) is 2. The fourth-order valence-electron chi connectivity index (χ4n) is 2.17. The van der Waals surface area contributed by atoms with E-state index in [0.29, 0.717) is 5.37 Å². The standard InChI is InChI=1S/C12H13N2OS/c15-11-10(9-13-5-2-1-3-6-13)12-14(11)7-4-8-16-12/h1-7,10,12H,8-9H2/q+1/t10?,12-/m0/s1. The van der Waals surface area contributed by atoms with E-state index in [1.165, 1.54) is 0 Å². The molecule has 0 bridgehead atoms. The summed E-state index contributed by atoms with van der Waals surface area (Å²) in [6.45, 7) is 0.793. The highest BCUT2D eigenvalue weighted by molar-refractivity contribution is 8.00. The molecule has 2 aliphatic heterocycles. The van der Waals surface area contributed by atoms with Gasteiger partial charge in [0.1, 0.15) is 11.3 Å². The van der Waals surface area contributed by atoms with E-state index in [1.54, 1.807) is 0 Å². The van der Waals surface area contributed by atoms with Gasteiger partial charge < -0.3 is 4.90 Å². The largest absolute Gasteiger partial charge is 0.305 e. The van der Waals surface area contributed by atoms with Gasteiger partial charge in [0, 0.05) is 24.1 Å². The summed E-state index contributed by atoms with van der Waals surface area (Å²) in [6.07, 6.45) is 8.00. The van der Waals surface area contributed by atoms with Crippen molar-refractivity contribution in [1.82, 2.24) is 4.90 Å². The van der Waals surface area contributed by atoms with Gasteiger partial charge >= 0.3 is 0 Å². The van der Waals surface area contributed by atoms with E-state index in [2.05, 4.69) is 4.57 Å². The van der Waals surface area contributed by atoms with Crippen molar-refractivity contribution < 1.29 is 9.36 Å². The Morgan fingerprint density at radius 1 is 1.38 bits per heavy atom. The van der Waals surface area contributed by atoms with Crippen LogP contribution in [0.1, 0.15) is 0 Å². The third-order valence-corrected chi connectivity index (χ3v) is 4.29. The van der Waals surface area contributed by atoms with Crippen LogP contribution < -0.4 is 4.57 Å². The van der Waals surface area contributed by atoms with E-state index >= 15 is 0 Å². The Balaban J connectivity index is 1.73. The van der Waals surface area contributed by atoms with E-state index < -0.39 is 0 Å². The van der Waals surface area contributed by atoms with Gasteiger partial charge in [0.2, 0.25) is 5.91 Å². The third-order valence-electron chi connectivity index (χ3n) is 3.00. The first kappa shape index (κ1) is 9.90. The summed E-state index contributed by atoms with van der Waals surface area (Å²) in [7, 11) is 0. The van der Waals surface area contributed by atoms with Crippen molar-refractivity contribution in [2.24, 2.45) is 5.92 Å². The minimum atomic E-state index is 0.141. The quantitative estimate of drug-likeness (QED) is 0.562. The number of rotatable bonds is 2. The second-order valence-electron chi connectivity index (χ2n) is 4.03. The maximum absolute atomic E-state index is 11.8. The first-order valence-corrected chi connectivity index (χ1v) is 6.46. The molecule has 1 aromatic rings. The molecule has 0 radical (unpaired) electrons. The Morgan fingerprint density at radius 3 is 3.00 bits per heavy atom. The maximum Gasteiger partial charge on any atom is 0.240 e. The van der Waals surface area contributed by atoms with Gasteiger partial charge in [-0.2, -0.15) is 0 Å². The Morgan fingerprint density at radius 2 is 2.19 bits per heavy atom. The number of β-lactam (4-membered cyclic amide) rings is 1. The molecule has 2 aliphatic rings. The first-order chi connectivity index (χ1) is 7.86. The molecule has 82 valence electrons. The zero-order chi connectivity index (χ0) is 11.0. The van der Waals surface area contributed by atoms with Gasteiger partial charge in [0.25, 0.3) is 0 Å². The van der Waals surface area contributed by atoms with Crippen LogP contribution in [0.4, 0.5) is 0 Å². The first-order valence-electron chi connectivity index (χ1n) is 5.41. The van der Waals surface area contributed by atoms with Crippen LogP contribution in [0.5, 0.6) is 0 Å². The van der Waals surface area contributed by atoms with E-state index in [1.807, 2.05) is 59.5 Å². The summed E-state index contributed by atoms with van der Waals surface area (Å²) >= 11 is 1.85. The zero-order valence-corrected chi connectivity index (χ0v) is 9.64. The average Bonchev–Trinajstić information content (AvgIpc) is 2.37. The topological polar surface area (TPSA) is 24.2 Å². The number of carbonyl (C=O) groups is 1. The van der Waals surface area contributed by atoms with E-state index in [-0.39, 0.29) is 11.8 Å². The van der Waals surface area contributed by atoms with Gasteiger partial charge in [0.05, 0.1) is 0 Å². The number of thioether (sulfide) groups is 1. The zero-order valence-electron chi connectivity index (χ0n) is 8.82. The molecule has 0 aromatic carbocycles. The summed E-state index contributed by atoms with van der Waals surface area (Å²) in [5.74, 6) is 1.41. The van der Waals surface area contributed by atoms with Gasteiger partial charge in [0.15, 0.2) is 18.9 Å². The molecule has 0 saturated carbocycles. The van der Waals surface area contributed by atoms with Gasteiger partial charge in [-0.3, -0.25) is 4.79 Å². The smallest absolute Gasteiger partial charge is 0.240 e. The van der Waals surface area contributed by atoms with E-state index in [9.17, 15) is 4.79 Å². The second kappa shape index (κ2) is 3.94. The van der Waals surface area contributed by atoms with Crippen LogP contribution in [0.25, 0.3) is 0 Å². The molecule has 1 fully saturated rings. The molecule has 0 aliphatic carbocycles. The second-order valence-corrected chi connectivity index (χ2v) is 5.18. The van der Waals surface area contributed by atoms with Crippen LogP contribution in [-0.2, 0) is 11.3 Å². The van der Waals surface area contributed by atoms with Crippen molar-refractivity contribution in [3.8, 4) is 0 Å². The predicted molar refractivity (Wildman–Crippen MR) is 62.4 cm³/mol. The lowest BCUT2D eigenvalue weighted by molar-refractivity contribution is -0.702. The van der Waals surface area contributed by atoms with Gasteiger partial charge in [-0.1, -0.05) is 12.1 Å². The molecule has 2 atom stereocenters. The maximum atomic E-state index is 11.8. The molecule has 1 unspecified atom stereocenters. The molecule has 3 heterocycles. The lowest BCUT2D eigenvalue weighted by atomic mass is 9.98. The Kier molecular flexibility index (Phi) is 2.44. The van der Waals surface area contributed by atoms with Crippen LogP contribution in [0.15, 0.2) is 42.9 Å². The highest BCUT2D eigenvalue weighted by Crippen LogP contribution is 2.38. The minimum absolute atomic E-state index is 0.141. The van der Waals surface area contributed by atoms with Crippen molar-refractivity contribution in [1.29, 1.82) is 0 Å². The van der Waals surface area contributed by atoms with Crippen molar-refractivity contribution in [2.75, 3.05) is 5.75 Å². The summed E-state index contributed by atoms with van der Waals surface area (Å²) in [4.78, 5) is 13.7. The lowest BCUT2D eigenvalue weighted by Gasteiger charge is -2.44. The van der Waals surface area contributed by atoms with Crippen molar-refractivity contribution in [3.63, 3.8) is 0 Å². The molecule has 1 amide bonds. The van der Waals surface area contributed by atoms with Crippen LogP contribution in [0, 0.1) is 5.92 Å². The summed E-state index contributed by atoms with van der Waals surface area (Å²) in [5, 5.41) is 0.352. The lowest BCUT2D eigenvalue weighted by Crippen LogP contribution is -2.61. The average molecular weight is 233 g/mol.